The predicted molar refractivity (Wildman–Crippen MR) is 109 cm³/mol. The van der Waals surface area contributed by atoms with Crippen molar-refractivity contribution in [1.82, 2.24) is 9.80 Å². The van der Waals surface area contributed by atoms with Crippen molar-refractivity contribution in [2.75, 3.05) is 32.0 Å². The lowest BCUT2D eigenvalue weighted by Crippen LogP contribution is -2.54. The summed E-state index contributed by atoms with van der Waals surface area (Å²) in [5, 5.41) is 14.6. The van der Waals surface area contributed by atoms with Gasteiger partial charge in [0.25, 0.3) is 0 Å². The third-order valence-corrected chi connectivity index (χ3v) is 6.13. The quantitative estimate of drug-likeness (QED) is 0.848. The second-order valence-corrected chi connectivity index (χ2v) is 8.60. The summed E-state index contributed by atoms with van der Waals surface area (Å²) in [6, 6.07) is 10.8. The van der Waals surface area contributed by atoms with Crippen LogP contribution in [-0.4, -0.2) is 59.6 Å². The van der Waals surface area contributed by atoms with Crippen LogP contribution < -0.4 is 5.32 Å². The van der Waals surface area contributed by atoms with Crippen LogP contribution >= 0.6 is 11.3 Å². The number of aliphatic hydroxyl groups excluding tert-OH is 1. The molecular weight excluding hydrogens is 344 g/mol. The van der Waals surface area contributed by atoms with E-state index in [-0.39, 0.29) is 6.10 Å². The number of para-hydroxylation sites is 2. The van der Waals surface area contributed by atoms with E-state index >= 15 is 0 Å². The Morgan fingerprint density at radius 1 is 1.35 bits per heavy atom. The number of thiophene rings is 1. The van der Waals surface area contributed by atoms with Crippen molar-refractivity contribution < 1.29 is 5.11 Å². The van der Waals surface area contributed by atoms with Gasteiger partial charge < -0.3 is 15.3 Å². The number of hydrogen-bond donors (Lipinski definition) is 2. The lowest BCUT2D eigenvalue weighted by molar-refractivity contribution is 0.0850. The number of aliphatic hydroxyl groups is 1. The summed E-state index contributed by atoms with van der Waals surface area (Å²) in [6.45, 7) is 6.82. The number of aryl methyl sites for hydroxylation is 1. The summed E-state index contributed by atoms with van der Waals surface area (Å²) in [4.78, 5) is 11.1. The summed E-state index contributed by atoms with van der Waals surface area (Å²) < 4.78 is 0. The van der Waals surface area contributed by atoms with Crippen molar-refractivity contribution in [3.05, 3.63) is 40.8 Å². The molecule has 26 heavy (non-hydrogen) atoms. The molecule has 0 spiro atoms. The second-order valence-electron chi connectivity index (χ2n) is 7.34. The Morgan fingerprint density at radius 3 is 2.96 bits per heavy atom. The van der Waals surface area contributed by atoms with Crippen molar-refractivity contribution in [1.29, 1.82) is 0 Å². The average Bonchev–Trinajstić information content (AvgIpc) is 2.88. The Hall–Kier alpha value is -1.89. The minimum atomic E-state index is -0.292. The highest BCUT2D eigenvalue weighted by molar-refractivity contribution is 7.16. The van der Waals surface area contributed by atoms with E-state index in [9.17, 15) is 5.11 Å². The zero-order valence-corrected chi connectivity index (χ0v) is 16.4. The Balaban J connectivity index is 1.72. The van der Waals surface area contributed by atoms with Crippen LogP contribution in [0.5, 0.6) is 0 Å². The number of likely N-dealkylation sites (N-methyl/N-ethyl adjacent to an activating group) is 1. The van der Waals surface area contributed by atoms with Crippen molar-refractivity contribution in [2.45, 2.75) is 32.4 Å². The van der Waals surface area contributed by atoms with Crippen molar-refractivity contribution >= 4 is 33.5 Å². The molecule has 2 N–H and O–H groups in total. The molecular formula is C20H26N4OS. The van der Waals surface area contributed by atoms with E-state index in [4.69, 9.17) is 4.99 Å². The van der Waals surface area contributed by atoms with E-state index in [1.165, 1.54) is 10.4 Å². The van der Waals surface area contributed by atoms with Crippen LogP contribution in [-0.2, 0) is 0 Å². The summed E-state index contributed by atoms with van der Waals surface area (Å²) in [5.74, 6) is 1.05. The van der Waals surface area contributed by atoms with Gasteiger partial charge in [-0.25, -0.2) is 4.99 Å². The summed E-state index contributed by atoms with van der Waals surface area (Å²) >= 11 is 1.78. The van der Waals surface area contributed by atoms with Gasteiger partial charge in [0, 0.05) is 30.6 Å². The first kappa shape index (κ1) is 17.5. The van der Waals surface area contributed by atoms with Gasteiger partial charge in [0.2, 0.25) is 0 Å². The first-order chi connectivity index (χ1) is 12.5. The van der Waals surface area contributed by atoms with Crippen LogP contribution in [0.15, 0.2) is 35.3 Å². The van der Waals surface area contributed by atoms with E-state index in [0.29, 0.717) is 6.04 Å². The number of fused-ring (bicyclic) bond motifs is 2. The lowest BCUT2D eigenvalue weighted by atomic mass is 10.0. The smallest absolute Gasteiger partial charge is 0.139 e. The highest BCUT2D eigenvalue weighted by Crippen LogP contribution is 2.39. The molecule has 4 rings (SSSR count). The Morgan fingerprint density at radius 2 is 2.15 bits per heavy atom. The topological polar surface area (TPSA) is 51.1 Å². The van der Waals surface area contributed by atoms with E-state index in [2.05, 4.69) is 47.3 Å². The Bertz CT molecular complexity index is 829. The molecule has 2 aromatic rings. The largest absolute Gasteiger partial charge is 0.393 e. The third kappa shape index (κ3) is 3.37. The fourth-order valence-corrected chi connectivity index (χ4v) is 4.69. The molecule has 138 valence electrons. The van der Waals surface area contributed by atoms with E-state index in [1.54, 1.807) is 11.3 Å². The molecule has 1 aromatic heterocycles. The molecule has 2 atom stereocenters. The average molecular weight is 371 g/mol. The first-order valence-corrected chi connectivity index (χ1v) is 10.0. The number of hydrogen-bond acceptors (Lipinski definition) is 6. The Labute approximate surface area is 159 Å². The van der Waals surface area contributed by atoms with Crippen LogP contribution in [0, 0.1) is 6.92 Å². The molecule has 5 nitrogen and oxygen atoms in total. The van der Waals surface area contributed by atoms with Gasteiger partial charge in [0.1, 0.15) is 10.8 Å². The maximum atomic E-state index is 9.87. The molecule has 2 aliphatic rings. The Kier molecular flexibility index (Phi) is 4.73. The van der Waals surface area contributed by atoms with Crippen molar-refractivity contribution in [2.24, 2.45) is 4.99 Å². The second kappa shape index (κ2) is 7.02. The molecule has 0 bridgehead atoms. The number of piperazine rings is 1. The van der Waals surface area contributed by atoms with Gasteiger partial charge in [-0.3, -0.25) is 4.90 Å². The molecule has 1 unspecified atom stereocenters. The fourth-order valence-electron chi connectivity index (χ4n) is 3.77. The molecule has 0 radical (unpaired) electrons. The molecule has 6 heteroatoms. The monoisotopic (exact) mass is 370 g/mol. The third-order valence-electron chi connectivity index (χ3n) is 5.16. The van der Waals surface area contributed by atoms with Gasteiger partial charge in [-0.1, -0.05) is 12.1 Å². The van der Waals surface area contributed by atoms with Gasteiger partial charge in [0.15, 0.2) is 0 Å². The molecule has 0 saturated carbocycles. The molecule has 0 aliphatic carbocycles. The standard InChI is InChI=1S/C20H26N4OS/c1-13(25)10-15-12-24(9-8-23(15)3)19-16-11-14(2)26-20(16)22-18-7-5-4-6-17(18)21-19/h4-7,11,13,15,22,25H,8-10,12H2,1-3H3/t13?,15-/m0/s1. The molecule has 1 saturated heterocycles. The molecule has 1 aromatic carbocycles. The predicted octanol–water partition coefficient (Wildman–Crippen LogP) is 3.58. The van der Waals surface area contributed by atoms with Crippen LogP contribution in [0.4, 0.5) is 16.4 Å². The fraction of sp³-hybridized carbons (Fsp3) is 0.450. The molecule has 0 amide bonds. The zero-order valence-electron chi connectivity index (χ0n) is 15.6. The summed E-state index contributed by atoms with van der Waals surface area (Å²) in [6.07, 6.45) is 0.491. The highest BCUT2D eigenvalue weighted by atomic mass is 32.1. The normalized spacial score (nSPS) is 21.3. The van der Waals surface area contributed by atoms with Gasteiger partial charge >= 0.3 is 0 Å². The summed E-state index contributed by atoms with van der Waals surface area (Å²) in [7, 11) is 2.15. The van der Waals surface area contributed by atoms with Gasteiger partial charge in [-0.05, 0) is 45.5 Å². The number of benzene rings is 1. The minimum Gasteiger partial charge on any atom is -0.393 e. The van der Waals surface area contributed by atoms with Gasteiger partial charge in [0.05, 0.1) is 23.0 Å². The number of amidine groups is 1. The molecule has 3 heterocycles. The first-order valence-electron chi connectivity index (χ1n) is 9.20. The van der Waals surface area contributed by atoms with E-state index in [0.717, 1.165) is 48.3 Å². The maximum Gasteiger partial charge on any atom is 0.139 e. The maximum absolute atomic E-state index is 9.87. The van der Waals surface area contributed by atoms with E-state index < -0.39 is 0 Å². The van der Waals surface area contributed by atoms with Crippen LogP contribution in [0.3, 0.4) is 0 Å². The van der Waals surface area contributed by atoms with Gasteiger partial charge in [-0.2, -0.15) is 0 Å². The molecule has 1 fully saturated rings. The number of aliphatic imine (C=N–C) groups is 1. The van der Waals surface area contributed by atoms with Crippen LogP contribution in [0.2, 0.25) is 0 Å². The zero-order chi connectivity index (χ0) is 18.3. The van der Waals surface area contributed by atoms with Crippen molar-refractivity contribution in [3.63, 3.8) is 0 Å². The highest BCUT2D eigenvalue weighted by Gasteiger charge is 2.30. The van der Waals surface area contributed by atoms with Gasteiger partial charge in [-0.15, -0.1) is 11.3 Å². The number of nitrogens with zero attached hydrogens (tertiary/aromatic N) is 3. The number of rotatable bonds is 2. The number of anilines is 2. The molecule has 2 aliphatic heterocycles. The van der Waals surface area contributed by atoms with E-state index in [1.807, 2.05) is 19.1 Å². The summed E-state index contributed by atoms with van der Waals surface area (Å²) in [5.41, 5.74) is 3.22. The SMILES string of the molecule is Cc1cc2c(s1)Nc1ccccc1N=C2N1CCN(C)[C@@H](CC(C)O)C1. The van der Waals surface area contributed by atoms with Crippen molar-refractivity contribution in [3.8, 4) is 0 Å². The van der Waals surface area contributed by atoms with Crippen LogP contribution in [0.1, 0.15) is 23.8 Å². The minimum absolute atomic E-state index is 0.292. The van der Waals surface area contributed by atoms with Crippen LogP contribution in [0.25, 0.3) is 0 Å². The lowest BCUT2D eigenvalue weighted by Gasteiger charge is -2.41. The number of nitrogens with one attached hydrogen (secondary N) is 1.